The van der Waals surface area contributed by atoms with Crippen LogP contribution in [0.25, 0.3) is 0 Å². The van der Waals surface area contributed by atoms with Crippen molar-refractivity contribution in [1.29, 1.82) is 0 Å². The first-order valence-corrected chi connectivity index (χ1v) is 6.97. The maximum atomic E-state index is 12.5. The number of hydrogen-bond donors (Lipinski definition) is 1. The van der Waals surface area contributed by atoms with Gasteiger partial charge in [-0.1, -0.05) is 25.3 Å². The molecule has 1 amide bonds. The number of carbonyl (C=O) groups excluding carboxylic acids is 1. The Morgan fingerprint density at radius 2 is 1.86 bits per heavy atom. The van der Waals surface area contributed by atoms with E-state index >= 15 is 0 Å². The molecule has 124 valence electrons. The average Bonchev–Trinajstić information content (AvgIpc) is 2.38. The van der Waals surface area contributed by atoms with Crippen LogP contribution in [0.1, 0.15) is 38.5 Å². The van der Waals surface area contributed by atoms with Gasteiger partial charge in [-0.15, -0.1) is 19.0 Å². The van der Waals surface area contributed by atoms with Gasteiger partial charge in [0.25, 0.3) is 0 Å². The lowest BCUT2D eigenvalue weighted by Gasteiger charge is -2.37. The van der Waals surface area contributed by atoms with E-state index in [0.29, 0.717) is 6.54 Å². The maximum absolute atomic E-state index is 12.5. The minimum absolute atomic E-state index is 0. The number of nitrogens with zero attached hydrogens (tertiary/aromatic N) is 1. The summed E-state index contributed by atoms with van der Waals surface area (Å²) in [6.45, 7) is 2.46. The molecule has 0 atom stereocenters. The van der Waals surface area contributed by atoms with Crippen molar-refractivity contribution in [2.24, 2.45) is 11.1 Å². The van der Waals surface area contributed by atoms with Crippen LogP contribution in [0, 0.1) is 5.41 Å². The van der Waals surface area contributed by atoms with Crippen molar-refractivity contribution in [1.82, 2.24) is 4.90 Å². The van der Waals surface area contributed by atoms with E-state index in [1.54, 1.807) is 0 Å². The minimum atomic E-state index is -4.39. The lowest BCUT2D eigenvalue weighted by Crippen LogP contribution is -2.44. The molecule has 1 rings (SSSR count). The highest BCUT2D eigenvalue weighted by Gasteiger charge is 2.37. The number of amides is 1. The molecule has 0 aromatic carbocycles. The van der Waals surface area contributed by atoms with Crippen molar-refractivity contribution < 1.29 is 18.0 Å². The standard InChI is InChI=1S/C14H23F3N2O.ClH/c1-2-8-19(11-14(15,16)17)12(20)9-13(10-18)6-4-3-5-7-13;/h2H,1,3-11,18H2;1H. The number of hydrogen-bond acceptors (Lipinski definition) is 2. The molecular formula is C14H24ClF3N2O. The lowest BCUT2D eigenvalue weighted by molar-refractivity contribution is -0.161. The molecule has 0 heterocycles. The Kier molecular flexibility index (Phi) is 8.33. The molecule has 1 aliphatic rings. The molecule has 3 nitrogen and oxygen atoms in total. The van der Waals surface area contributed by atoms with Crippen LogP contribution in [0.4, 0.5) is 13.2 Å². The molecule has 0 radical (unpaired) electrons. The molecule has 2 N–H and O–H groups in total. The molecule has 0 aromatic rings. The second-order valence-corrected chi connectivity index (χ2v) is 5.62. The molecular weight excluding hydrogens is 305 g/mol. The first-order chi connectivity index (χ1) is 9.32. The summed E-state index contributed by atoms with van der Waals surface area (Å²) in [5.41, 5.74) is 5.46. The fourth-order valence-electron chi connectivity index (χ4n) is 2.81. The summed E-state index contributed by atoms with van der Waals surface area (Å²) in [4.78, 5) is 13.0. The Labute approximate surface area is 130 Å². The topological polar surface area (TPSA) is 46.3 Å². The monoisotopic (exact) mass is 328 g/mol. The predicted octanol–water partition coefficient (Wildman–Crippen LogP) is 3.28. The molecule has 1 aliphatic carbocycles. The SMILES string of the molecule is C=CCN(CC(F)(F)F)C(=O)CC1(CN)CCCCC1.Cl. The van der Waals surface area contributed by atoms with Crippen molar-refractivity contribution in [2.75, 3.05) is 19.6 Å². The predicted molar refractivity (Wildman–Crippen MR) is 79.3 cm³/mol. The third-order valence-corrected chi connectivity index (χ3v) is 3.95. The minimum Gasteiger partial charge on any atom is -0.330 e. The Morgan fingerprint density at radius 3 is 2.29 bits per heavy atom. The van der Waals surface area contributed by atoms with Gasteiger partial charge in [0.05, 0.1) is 0 Å². The summed E-state index contributed by atoms with van der Waals surface area (Å²) < 4.78 is 37.5. The number of carbonyl (C=O) groups is 1. The summed E-state index contributed by atoms with van der Waals surface area (Å²) in [7, 11) is 0. The summed E-state index contributed by atoms with van der Waals surface area (Å²) in [6, 6.07) is 0. The number of alkyl halides is 3. The third kappa shape index (κ3) is 6.70. The van der Waals surface area contributed by atoms with Gasteiger partial charge in [-0.05, 0) is 24.8 Å². The Morgan fingerprint density at radius 1 is 1.29 bits per heavy atom. The van der Waals surface area contributed by atoms with Crippen molar-refractivity contribution in [3.8, 4) is 0 Å². The van der Waals surface area contributed by atoms with Gasteiger partial charge in [0, 0.05) is 13.0 Å². The van der Waals surface area contributed by atoms with Gasteiger partial charge in [-0.2, -0.15) is 13.2 Å². The quantitative estimate of drug-likeness (QED) is 0.761. The zero-order valence-corrected chi connectivity index (χ0v) is 12.9. The number of halogens is 4. The first-order valence-electron chi connectivity index (χ1n) is 6.97. The van der Waals surface area contributed by atoms with E-state index in [-0.39, 0.29) is 30.8 Å². The highest BCUT2D eigenvalue weighted by molar-refractivity contribution is 5.85. The average molecular weight is 329 g/mol. The molecule has 0 unspecified atom stereocenters. The van der Waals surface area contributed by atoms with E-state index in [0.717, 1.165) is 37.0 Å². The van der Waals surface area contributed by atoms with Gasteiger partial charge in [-0.25, -0.2) is 0 Å². The Hall–Kier alpha value is -0.750. The molecule has 0 spiro atoms. The van der Waals surface area contributed by atoms with Gasteiger partial charge >= 0.3 is 6.18 Å². The fourth-order valence-corrected chi connectivity index (χ4v) is 2.81. The largest absolute Gasteiger partial charge is 0.406 e. The van der Waals surface area contributed by atoms with Crippen LogP contribution in [0.2, 0.25) is 0 Å². The first kappa shape index (κ1) is 20.2. The number of nitrogens with two attached hydrogens (primary N) is 1. The highest BCUT2D eigenvalue weighted by atomic mass is 35.5. The van der Waals surface area contributed by atoms with E-state index in [1.807, 2.05) is 0 Å². The lowest BCUT2D eigenvalue weighted by atomic mass is 9.71. The van der Waals surface area contributed by atoms with Crippen molar-refractivity contribution >= 4 is 18.3 Å². The van der Waals surface area contributed by atoms with Crippen LogP contribution < -0.4 is 5.73 Å². The summed E-state index contributed by atoms with van der Waals surface area (Å²) >= 11 is 0. The molecule has 0 saturated heterocycles. The van der Waals surface area contributed by atoms with Gasteiger partial charge in [0.2, 0.25) is 5.91 Å². The summed E-state index contributed by atoms with van der Waals surface area (Å²) in [5.74, 6) is -0.477. The van der Waals surface area contributed by atoms with E-state index in [2.05, 4.69) is 6.58 Å². The Balaban J connectivity index is 0.00000400. The highest BCUT2D eigenvalue weighted by Crippen LogP contribution is 2.39. The van der Waals surface area contributed by atoms with E-state index in [9.17, 15) is 18.0 Å². The third-order valence-electron chi connectivity index (χ3n) is 3.95. The Bertz CT molecular complexity index is 342. The van der Waals surface area contributed by atoms with Gasteiger partial charge in [0.1, 0.15) is 6.54 Å². The number of rotatable bonds is 6. The van der Waals surface area contributed by atoms with Gasteiger partial charge in [0.15, 0.2) is 0 Å². The molecule has 0 aromatic heterocycles. The van der Waals surface area contributed by atoms with Crippen LogP contribution in [0.5, 0.6) is 0 Å². The normalized spacial score (nSPS) is 17.7. The fraction of sp³-hybridized carbons (Fsp3) is 0.786. The van der Waals surface area contributed by atoms with Crippen molar-refractivity contribution in [2.45, 2.75) is 44.7 Å². The van der Waals surface area contributed by atoms with E-state index in [4.69, 9.17) is 5.73 Å². The van der Waals surface area contributed by atoms with Crippen LogP contribution in [0.15, 0.2) is 12.7 Å². The molecule has 21 heavy (non-hydrogen) atoms. The molecule has 1 saturated carbocycles. The van der Waals surface area contributed by atoms with Gasteiger partial charge in [-0.3, -0.25) is 4.79 Å². The zero-order chi connectivity index (χ0) is 15.2. The smallest absolute Gasteiger partial charge is 0.330 e. The van der Waals surface area contributed by atoms with E-state index in [1.165, 1.54) is 6.08 Å². The van der Waals surface area contributed by atoms with Crippen molar-refractivity contribution in [3.05, 3.63) is 12.7 Å². The summed E-state index contributed by atoms with van der Waals surface area (Å²) in [5, 5.41) is 0. The molecule has 0 bridgehead atoms. The van der Waals surface area contributed by atoms with E-state index < -0.39 is 18.6 Å². The maximum Gasteiger partial charge on any atom is 0.406 e. The van der Waals surface area contributed by atoms with Crippen LogP contribution in [0.3, 0.4) is 0 Å². The van der Waals surface area contributed by atoms with Gasteiger partial charge < -0.3 is 10.6 Å². The second-order valence-electron chi connectivity index (χ2n) is 5.62. The van der Waals surface area contributed by atoms with Crippen LogP contribution in [-0.2, 0) is 4.79 Å². The van der Waals surface area contributed by atoms with Crippen LogP contribution in [-0.4, -0.2) is 36.6 Å². The molecule has 0 aliphatic heterocycles. The van der Waals surface area contributed by atoms with Crippen LogP contribution >= 0.6 is 12.4 Å². The summed E-state index contributed by atoms with van der Waals surface area (Å²) in [6.07, 6.45) is 1.77. The molecule has 1 fully saturated rings. The molecule has 7 heteroatoms. The zero-order valence-electron chi connectivity index (χ0n) is 12.1. The second kappa shape index (κ2) is 8.63. The van der Waals surface area contributed by atoms with Crippen molar-refractivity contribution in [3.63, 3.8) is 0 Å².